The van der Waals surface area contributed by atoms with Crippen molar-refractivity contribution in [3.05, 3.63) is 20.8 Å². The van der Waals surface area contributed by atoms with E-state index in [2.05, 4.69) is 53.5 Å². The maximum Gasteiger partial charge on any atom is 0.324 e. The molecule has 27 heavy (non-hydrogen) atoms. The number of carbonyl (C=O) groups excluding carboxylic acids is 2. The Kier molecular flexibility index (Phi) is 8.76. The van der Waals surface area contributed by atoms with E-state index in [-0.39, 0.29) is 42.5 Å². The van der Waals surface area contributed by atoms with Crippen LogP contribution in [0.3, 0.4) is 0 Å². The lowest BCUT2D eigenvalue weighted by Crippen LogP contribution is -2.53. The number of imide groups is 1. The Morgan fingerprint density at radius 2 is 2.04 bits per heavy atom. The number of thiophene rings is 1. The molecule has 0 unspecified atom stereocenters. The highest BCUT2D eigenvalue weighted by atomic mass is 127. The number of halogens is 2. The van der Waals surface area contributed by atoms with Crippen molar-refractivity contribution in [3.8, 4) is 0 Å². The maximum atomic E-state index is 11.6. The smallest absolute Gasteiger partial charge is 0.324 e. The van der Waals surface area contributed by atoms with Gasteiger partial charge in [0.15, 0.2) is 5.96 Å². The molecule has 0 bridgehead atoms. The lowest BCUT2D eigenvalue weighted by Gasteiger charge is -2.36. The Balaban J connectivity index is 0.00000261. The van der Waals surface area contributed by atoms with E-state index < -0.39 is 0 Å². The molecule has 8 nitrogen and oxygen atoms in total. The number of guanidine groups is 1. The van der Waals surface area contributed by atoms with E-state index in [4.69, 9.17) is 0 Å². The van der Waals surface area contributed by atoms with E-state index in [9.17, 15) is 9.59 Å². The van der Waals surface area contributed by atoms with Crippen molar-refractivity contribution < 1.29 is 9.59 Å². The van der Waals surface area contributed by atoms with Crippen LogP contribution in [0.2, 0.25) is 0 Å². The lowest BCUT2D eigenvalue weighted by molar-refractivity contribution is -0.124. The third-order valence-electron chi connectivity index (χ3n) is 4.45. The number of nitrogens with zero attached hydrogens (tertiary/aromatic N) is 4. The second-order valence-corrected chi connectivity index (χ2v) is 8.69. The number of hydrogen-bond acceptors (Lipinski definition) is 5. The van der Waals surface area contributed by atoms with Crippen molar-refractivity contribution in [3.63, 3.8) is 0 Å². The van der Waals surface area contributed by atoms with Crippen LogP contribution >= 0.6 is 51.2 Å². The van der Waals surface area contributed by atoms with Gasteiger partial charge in [0.1, 0.15) is 0 Å². The maximum absolute atomic E-state index is 11.6. The molecule has 2 aliphatic heterocycles. The summed E-state index contributed by atoms with van der Waals surface area (Å²) in [5.74, 6) is 0.635. The van der Waals surface area contributed by atoms with E-state index in [1.165, 1.54) is 13.6 Å². The highest BCUT2D eigenvalue weighted by Gasteiger charge is 2.28. The number of hydrogen-bond donors (Lipinski definition) is 2. The van der Waals surface area contributed by atoms with Crippen molar-refractivity contribution in [2.24, 2.45) is 4.99 Å². The SMILES string of the molecule is CN=C(NCCN1C(=O)CNC1=O)N1CCN(Cc2ccc(Br)s2)CC1.I. The molecule has 1 aromatic rings. The van der Waals surface area contributed by atoms with Gasteiger partial charge in [-0.2, -0.15) is 0 Å². The van der Waals surface area contributed by atoms with Crippen LogP contribution in [-0.4, -0.2) is 85.5 Å². The molecule has 0 radical (unpaired) electrons. The standard InChI is InChI=1S/C16H23BrN6O2S.HI/c1-18-15(19-4-5-23-14(24)10-20-16(23)25)22-8-6-21(7-9-22)11-12-2-3-13(17)26-12;/h2-3H,4-11H2,1H3,(H,18,19)(H,20,25);1H. The molecule has 0 aliphatic carbocycles. The average Bonchev–Trinajstić information content (AvgIpc) is 3.19. The first-order valence-corrected chi connectivity index (χ1v) is 10.2. The minimum Gasteiger partial charge on any atom is -0.354 e. The molecular formula is C16H24BrIN6O2S. The second-order valence-electron chi connectivity index (χ2n) is 6.15. The largest absolute Gasteiger partial charge is 0.354 e. The molecule has 3 amide bonds. The van der Waals surface area contributed by atoms with E-state index in [1.54, 1.807) is 18.4 Å². The highest BCUT2D eigenvalue weighted by molar-refractivity contribution is 14.0. The zero-order chi connectivity index (χ0) is 18.5. The van der Waals surface area contributed by atoms with E-state index >= 15 is 0 Å². The van der Waals surface area contributed by atoms with Crippen molar-refractivity contribution in [1.29, 1.82) is 0 Å². The molecule has 1 aromatic heterocycles. The predicted molar refractivity (Wildman–Crippen MR) is 121 cm³/mol. The van der Waals surface area contributed by atoms with Gasteiger partial charge in [-0.3, -0.25) is 19.6 Å². The van der Waals surface area contributed by atoms with Crippen molar-refractivity contribution >= 4 is 69.1 Å². The van der Waals surface area contributed by atoms with Crippen LogP contribution in [0.15, 0.2) is 20.9 Å². The van der Waals surface area contributed by atoms with Crippen molar-refractivity contribution in [2.45, 2.75) is 6.54 Å². The van der Waals surface area contributed by atoms with Gasteiger partial charge in [0.2, 0.25) is 5.91 Å². The minimum atomic E-state index is -0.319. The molecule has 2 aliphatic rings. The van der Waals surface area contributed by atoms with Gasteiger partial charge in [0.25, 0.3) is 0 Å². The number of amides is 3. The molecule has 0 atom stereocenters. The second kappa shape index (κ2) is 10.6. The fraction of sp³-hybridized carbons (Fsp3) is 0.562. The number of urea groups is 1. The van der Waals surface area contributed by atoms with Gasteiger partial charge in [0, 0.05) is 57.7 Å². The van der Waals surface area contributed by atoms with Gasteiger partial charge >= 0.3 is 6.03 Å². The summed E-state index contributed by atoms with van der Waals surface area (Å²) in [6.07, 6.45) is 0. The van der Waals surface area contributed by atoms with Crippen LogP contribution in [0.5, 0.6) is 0 Å². The minimum absolute atomic E-state index is 0. The summed E-state index contributed by atoms with van der Waals surface area (Å²) < 4.78 is 1.17. The van der Waals surface area contributed by atoms with Gasteiger partial charge in [-0.1, -0.05) is 0 Å². The molecule has 2 fully saturated rings. The number of carbonyl (C=O) groups is 2. The summed E-state index contributed by atoms with van der Waals surface area (Å²) in [6.45, 7) is 5.65. The molecule has 0 spiro atoms. The Hall–Kier alpha value is -0.920. The van der Waals surface area contributed by atoms with Gasteiger partial charge in [-0.25, -0.2) is 4.79 Å². The molecule has 11 heteroatoms. The fourth-order valence-corrected chi connectivity index (χ4v) is 4.59. The molecule has 3 rings (SSSR count). The first-order chi connectivity index (χ1) is 12.6. The molecule has 2 N–H and O–H groups in total. The summed E-state index contributed by atoms with van der Waals surface area (Å²) >= 11 is 5.29. The Bertz CT molecular complexity index is 676. The zero-order valence-electron chi connectivity index (χ0n) is 15.1. The summed E-state index contributed by atoms with van der Waals surface area (Å²) in [6, 6.07) is 3.94. The van der Waals surface area contributed by atoms with E-state index in [0.29, 0.717) is 13.1 Å². The topological polar surface area (TPSA) is 80.3 Å². The Morgan fingerprint density at radius 3 is 2.59 bits per heavy atom. The van der Waals surface area contributed by atoms with Gasteiger partial charge in [-0.15, -0.1) is 35.3 Å². The molecular weight excluding hydrogens is 547 g/mol. The lowest BCUT2D eigenvalue weighted by atomic mass is 10.3. The van der Waals surface area contributed by atoms with Crippen LogP contribution < -0.4 is 10.6 Å². The number of nitrogens with one attached hydrogen (secondary N) is 2. The average molecular weight is 571 g/mol. The quantitative estimate of drug-likeness (QED) is 0.242. The highest BCUT2D eigenvalue weighted by Crippen LogP contribution is 2.23. The zero-order valence-corrected chi connectivity index (χ0v) is 19.8. The summed E-state index contributed by atoms with van der Waals surface area (Å²) in [5.41, 5.74) is 0. The molecule has 150 valence electrons. The summed E-state index contributed by atoms with van der Waals surface area (Å²) in [4.78, 5) is 34.7. The number of aliphatic imine (C=N–C) groups is 1. The number of piperazine rings is 1. The molecule has 0 aromatic carbocycles. The van der Waals surface area contributed by atoms with Gasteiger partial charge in [-0.05, 0) is 28.1 Å². The van der Waals surface area contributed by atoms with Crippen LogP contribution in [0, 0.1) is 0 Å². The van der Waals surface area contributed by atoms with E-state index in [1.807, 2.05) is 0 Å². The Labute approximate surface area is 188 Å². The monoisotopic (exact) mass is 570 g/mol. The van der Waals surface area contributed by atoms with Gasteiger partial charge < -0.3 is 15.5 Å². The van der Waals surface area contributed by atoms with Crippen LogP contribution in [0.4, 0.5) is 4.79 Å². The van der Waals surface area contributed by atoms with Gasteiger partial charge in [0.05, 0.1) is 10.3 Å². The molecule has 3 heterocycles. The van der Waals surface area contributed by atoms with Crippen LogP contribution in [-0.2, 0) is 11.3 Å². The summed E-state index contributed by atoms with van der Waals surface area (Å²) in [5, 5.41) is 5.78. The Morgan fingerprint density at radius 1 is 1.30 bits per heavy atom. The van der Waals surface area contributed by atoms with Crippen LogP contribution in [0.25, 0.3) is 0 Å². The first-order valence-electron chi connectivity index (χ1n) is 8.57. The molecule has 2 saturated heterocycles. The first kappa shape index (κ1) is 22.4. The van der Waals surface area contributed by atoms with E-state index in [0.717, 1.165) is 38.7 Å². The predicted octanol–water partition coefficient (Wildman–Crippen LogP) is 1.37. The van der Waals surface area contributed by atoms with Crippen molar-refractivity contribution in [2.75, 3.05) is 52.9 Å². The van der Waals surface area contributed by atoms with Crippen LogP contribution in [0.1, 0.15) is 4.88 Å². The molecule has 0 saturated carbocycles. The number of rotatable bonds is 5. The normalized spacial score (nSPS) is 18.5. The third kappa shape index (κ3) is 6.03. The fourth-order valence-electron chi connectivity index (χ4n) is 3.07. The summed E-state index contributed by atoms with van der Waals surface area (Å²) in [7, 11) is 1.76. The third-order valence-corrected chi connectivity index (χ3v) is 6.06. The van der Waals surface area contributed by atoms with Crippen molar-refractivity contribution in [1.82, 2.24) is 25.3 Å².